The number of nitrogens with one attached hydrogen (secondary N) is 1. The highest BCUT2D eigenvalue weighted by Crippen LogP contribution is 2.40. The fourth-order valence-electron chi connectivity index (χ4n) is 3.26. The molecule has 4 heteroatoms. The second-order valence-corrected chi connectivity index (χ2v) is 5.85. The predicted octanol–water partition coefficient (Wildman–Crippen LogP) is 1.20. The second-order valence-electron chi connectivity index (χ2n) is 5.85. The molecule has 1 aliphatic carbocycles. The average molecular weight is 257 g/mol. The maximum atomic E-state index is 9.02. The van der Waals surface area contributed by atoms with Crippen molar-refractivity contribution in [2.75, 3.05) is 19.8 Å². The van der Waals surface area contributed by atoms with Gasteiger partial charge < -0.3 is 20.3 Å². The van der Waals surface area contributed by atoms with Crippen molar-refractivity contribution in [3.63, 3.8) is 0 Å². The van der Waals surface area contributed by atoms with Crippen LogP contribution in [0.25, 0.3) is 0 Å². The van der Waals surface area contributed by atoms with Crippen LogP contribution in [0.15, 0.2) is 0 Å². The van der Waals surface area contributed by atoms with E-state index < -0.39 is 0 Å². The fraction of sp³-hybridized carbons (Fsp3) is 1.00. The van der Waals surface area contributed by atoms with Crippen molar-refractivity contribution in [1.29, 1.82) is 0 Å². The van der Waals surface area contributed by atoms with E-state index in [0.717, 1.165) is 13.0 Å². The lowest BCUT2D eigenvalue weighted by molar-refractivity contribution is -0.0510. The zero-order valence-electron chi connectivity index (χ0n) is 11.2. The van der Waals surface area contributed by atoms with Crippen LogP contribution in [0.3, 0.4) is 0 Å². The predicted molar refractivity (Wildman–Crippen MR) is 70.5 cm³/mol. The van der Waals surface area contributed by atoms with Crippen molar-refractivity contribution >= 4 is 0 Å². The Balaban J connectivity index is 1.76. The van der Waals surface area contributed by atoms with Gasteiger partial charge in [0.2, 0.25) is 0 Å². The number of ether oxygens (including phenoxy) is 1. The Kier molecular flexibility index (Phi) is 5.42. The first-order chi connectivity index (χ1) is 8.78. The third-order valence-electron chi connectivity index (χ3n) is 4.43. The van der Waals surface area contributed by atoms with Crippen molar-refractivity contribution < 1.29 is 14.9 Å². The van der Waals surface area contributed by atoms with Gasteiger partial charge in [-0.05, 0) is 25.7 Å². The molecular weight excluding hydrogens is 230 g/mol. The summed E-state index contributed by atoms with van der Waals surface area (Å²) in [6.07, 6.45) is 10.3. The molecule has 0 radical (unpaired) electrons. The molecule has 1 saturated carbocycles. The third kappa shape index (κ3) is 3.67. The topological polar surface area (TPSA) is 61.7 Å². The first kappa shape index (κ1) is 14.3. The number of aliphatic hydroxyl groups is 2. The van der Waals surface area contributed by atoms with Crippen LogP contribution < -0.4 is 5.32 Å². The minimum Gasteiger partial charge on any atom is -0.395 e. The Morgan fingerprint density at radius 2 is 1.72 bits per heavy atom. The normalized spacial score (nSPS) is 27.8. The van der Waals surface area contributed by atoms with E-state index in [1.807, 2.05) is 0 Å². The summed E-state index contributed by atoms with van der Waals surface area (Å²) in [4.78, 5) is 0. The molecule has 1 unspecified atom stereocenters. The SMILES string of the molecule is OCC(CO)NCC1CCC2(CCCCCC2)O1. The summed E-state index contributed by atoms with van der Waals surface area (Å²) in [5, 5.41) is 21.2. The second kappa shape index (κ2) is 6.85. The Hall–Kier alpha value is -0.160. The van der Waals surface area contributed by atoms with Gasteiger partial charge in [-0.25, -0.2) is 0 Å². The molecule has 1 atom stereocenters. The number of rotatable bonds is 5. The first-order valence-electron chi connectivity index (χ1n) is 7.41. The van der Waals surface area contributed by atoms with E-state index in [9.17, 15) is 0 Å². The first-order valence-corrected chi connectivity index (χ1v) is 7.41. The lowest BCUT2D eigenvalue weighted by atomic mass is 9.91. The highest BCUT2D eigenvalue weighted by atomic mass is 16.5. The third-order valence-corrected chi connectivity index (χ3v) is 4.43. The summed E-state index contributed by atoms with van der Waals surface area (Å²) in [5.74, 6) is 0. The van der Waals surface area contributed by atoms with Gasteiger partial charge in [0.1, 0.15) is 0 Å². The van der Waals surface area contributed by atoms with Crippen LogP contribution >= 0.6 is 0 Å². The van der Waals surface area contributed by atoms with Gasteiger partial charge in [-0.3, -0.25) is 0 Å². The van der Waals surface area contributed by atoms with Crippen molar-refractivity contribution in [3.8, 4) is 0 Å². The minimum absolute atomic E-state index is 0.0195. The van der Waals surface area contributed by atoms with E-state index in [-0.39, 0.29) is 31.0 Å². The van der Waals surface area contributed by atoms with Gasteiger partial charge in [0.05, 0.1) is 31.0 Å². The molecule has 0 bridgehead atoms. The standard InChI is InChI=1S/C14H27NO3/c16-10-12(11-17)15-9-13-5-8-14(18-13)6-3-1-2-4-7-14/h12-13,15-17H,1-11H2. The lowest BCUT2D eigenvalue weighted by Crippen LogP contribution is -2.41. The van der Waals surface area contributed by atoms with Crippen molar-refractivity contribution in [3.05, 3.63) is 0 Å². The maximum absolute atomic E-state index is 9.02. The maximum Gasteiger partial charge on any atom is 0.0708 e. The van der Waals surface area contributed by atoms with Gasteiger partial charge in [-0.1, -0.05) is 25.7 Å². The Morgan fingerprint density at radius 3 is 2.33 bits per heavy atom. The largest absolute Gasteiger partial charge is 0.395 e. The van der Waals surface area contributed by atoms with Gasteiger partial charge in [0, 0.05) is 6.54 Å². The van der Waals surface area contributed by atoms with Gasteiger partial charge in [0.15, 0.2) is 0 Å². The molecule has 1 saturated heterocycles. The summed E-state index contributed by atoms with van der Waals surface area (Å²) >= 11 is 0. The van der Waals surface area contributed by atoms with E-state index in [2.05, 4.69) is 5.32 Å². The zero-order valence-corrected chi connectivity index (χ0v) is 11.2. The minimum atomic E-state index is -0.209. The molecule has 18 heavy (non-hydrogen) atoms. The van der Waals surface area contributed by atoms with Crippen LogP contribution in [0.2, 0.25) is 0 Å². The summed E-state index contributed by atoms with van der Waals surface area (Å²) in [5.41, 5.74) is 0.150. The molecule has 0 aromatic heterocycles. The van der Waals surface area contributed by atoms with Crippen molar-refractivity contribution in [2.45, 2.75) is 69.1 Å². The van der Waals surface area contributed by atoms with E-state index >= 15 is 0 Å². The summed E-state index contributed by atoms with van der Waals surface area (Å²) in [6, 6.07) is -0.209. The van der Waals surface area contributed by atoms with Gasteiger partial charge in [0.25, 0.3) is 0 Å². The van der Waals surface area contributed by atoms with E-state index in [0.29, 0.717) is 0 Å². The molecule has 106 valence electrons. The molecule has 2 fully saturated rings. The number of hydrogen-bond donors (Lipinski definition) is 3. The van der Waals surface area contributed by atoms with Crippen LogP contribution in [0.4, 0.5) is 0 Å². The number of hydrogen-bond acceptors (Lipinski definition) is 4. The van der Waals surface area contributed by atoms with E-state index in [4.69, 9.17) is 14.9 Å². The van der Waals surface area contributed by atoms with E-state index in [1.54, 1.807) is 0 Å². The summed E-state index contributed by atoms with van der Waals surface area (Å²) < 4.78 is 6.28. The van der Waals surface area contributed by atoms with Crippen LogP contribution in [0.1, 0.15) is 51.4 Å². The molecular formula is C14H27NO3. The highest BCUT2D eigenvalue weighted by molar-refractivity contribution is 4.91. The zero-order chi connectivity index (χ0) is 12.8. The summed E-state index contributed by atoms with van der Waals surface area (Å²) in [6.45, 7) is 0.705. The Bertz CT molecular complexity index is 235. The highest BCUT2D eigenvalue weighted by Gasteiger charge is 2.39. The Morgan fingerprint density at radius 1 is 1.06 bits per heavy atom. The van der Waals surface area contributed by atoms with Crippen LogP contribution in [-0.4, -0.2) is 47.7 Å². The molecule has 0 amide bonds. The van der Waals surface area contributed by atoms with Gasteiger partial charge in [-0.2, -0.15) is 0 Å². The van der Waals surface area contributed by atoms with E-state index in [1.165, 1.54) is 44.9 Å². The van der Waals surface area contributed by atoms with Crippen molar-refractivity contribution in [2.24, 2.45) is 0 Å². The Labute approximate surface area is 110 Å². The van der Waals surface area contributed by atoms with Crippen LogP contribution in [-0.2, 0) is 4.74 Å². The molecule has 1 aliphatic heterocycles. The fourth-order valence-corrected chi connectivity index (χ4v) is 3.26. The smallest absolute Gasteiger partial charge is 0.0708 e. The van der Waals surface area contributed by atoms with Crippen LogP contribution in [0, 0.1) is 0 Å². The lowest BCUT2D eigenvalue weighted by Gasteiger charge is -2.28. The van der Waals surface area contributed by atoms with Gasteiger partial charge in [-0.15, -0.1) is 0 Å². The molecule has 0 aromatic rings. The molecule has 0 aromatic carbocycles. The average Bonchev–Trinajstić information content (AvgIpc) is 2.64. The monoisotopic (exact) mass is 257 g/mol. The molecule has 1 heterocycles. The molecule has 3 N–H and O–H groups in total. The van der Waals surface area contributed by atoms with Crippen LogP contribution in [0.5, 0.6) is 0 Å². The number of aliphatic hydroxyl groups excluding tert-OH is 2. The van der Waals surface area contributed by atoms with Gasteiger partial charge >= 0.3 is 0 Å². The molecule has 4 nitrogen and oxygen atoms in total. The molecule has 1 spiro atoms. The van der Waals surface area contributed by atoms with Crippen molar-refractivity contribution in [1.82, 2.24) is 5.32 Å². The molecule has 2 rings (SSSR count). The summed E-state index contributed by atoms with van der Waals surface area (Å²) in [7, 11) is 0. The molecule has 2 aliphatic rings. The quantitative estimate of drug-likeness (QED) is 0.692.